The van der Waals surface area contributed by atoms with Gasteiger partial charge in [-0.1, -0.05) is 0 Å². The van der Waals surface area contributed by atoms with Gasteiger partial charge < -0.3 is 9.88 Å². The number of amides is 1. The molecule has 33 heavy (non-hydrogen) atoms. The number of halogens is 1. The summed E-state index contributed by atoms with van der Waals surface area (Å²) in [6, 6.07) is 4.93. The lowest BCUT2D eigenvalue weighted by Gasteiger charge is -2.32. The molecule has 2 fully saturated rings. The number of H-pyrrole nitrogens is 1. The van der Waals surface area contributed by atoms with Crippen molar-refractivity contribution in [2.45, 2.75) is 58.4 Å². The Balaban J connectivity index is 1.31. The van der Waals surface area contributed by atoms with Crippen molar-refractivity contribution in [2.24, 2.45) is 0 Å². The summed E-state index contributed by atoms with van der Waals surface area (Å²) >= 11 is 0. The van der Waals surface area contributed by atoms with Gasteiger partial charge in [-0.05, 0) is 76.3 Å². The van der Waals surface area contributed by atoms with Crippen molar-refractivity contribution < 1.29 is 9.18 Å². The average molecular weight is 450 g/mol. The predicted octanol–water partition coefficient (Wildman–Crippen LogP) is 4.72. The molecule has 1 atom stereocenters. The van der Waals surface area contributed by atoms with Gasteiger partial charge in [-0.25, -0.2) is 14.4 Å². The number of piperidine rings is 2. The third-order valence-corrected chi connectivity index (χ3v) is 7.21. The number of aryl methyl sites for hydroxylation is 2. The number of aromatic amines is 1. The summed E-state index contributed by atoms with van der Waals surface area (Å²) in [7, 11) is 0. The molecular formula is C26H32FN5O. The lowest BCUT2D eigenvalue weighted by molar-refractivity contribution is 0.0722. The quantitative estimate of drug-likeness (QED) is 0.626. The minimum absolute atomic E-state index is 0.0612. The third-order valence-electron chi connectivity index (χ3n) is 7.21. The first-order valence-corrected chi connectivity index (χ1v) is 12.1. The number of benzene rings is 1. The molecule has 2 aromatic heterocycles. The summed E-state index contributed by atoms with van der Waals surface area (Å²) in [5.41, 5.74) is 4.63. The first-order chi connectivity index (χ1) is 16.0. The van der Waals surface area contributed by atoms with Gasteiger partial charge in [-0.2, -0.15) is 0 Å². The van der Waals surface area contributed by atoms with Crippen LogP contribution in [0.2, 0.25) is 0 Å². The zero-order valence-electron chi connectivity index (χ0n) is 19.5. The van der Waals surface area contributed by atoms with E-state index in [4.69, 9.17) is 4.98 Å². The summed E-state index contributed by atoms with van der Waals surface area (Å²) in [6.45, 7) is 8.27. The van der Waals surface area contributed by atoms with E-state index in [1.165, 1.54) is 12.5 Å². The molecule has 1 aromatic carbocycles. The van der Waals surface area contributed by atoms with Crippen molar-refractivity contribution in [1.29, 1.82) is 0 Å². The second-order valence-corrected chi connectivity index (χ2v) is 9.57. The molecule has 0 spiro atoms. The van der Waals surface area contributed by atoms with E-state index in [0.717, 1.165) is 92.1 Å². The molecule has 2 saturated heterocycles. The highest BCUT2D eigenvalue weighted by Gasteiger charge is 2.27. The number of rotatable bonds is 4. The molecule has 174 valence electrons. The average Bonchev–Trinajstić information content (AvgIpc) is 3.13. The molecular weight excluding hydrogens is 417 g/mol. The maximum absolute atomic E-state index is 13.9. The summed E-state index contributed by atoms with van der Waals surface area (Å²) in [6.07, 6.45) is 7.19. The summed E-state index contributed by atoms with van der Waals surface area (Å²) in [4.78, 5) is 30.1. The summed E-state index contributed by atoms with van der Waals surface area (Å²) in [5.74, 6) is 0.918. The molecule has 6 nitrogen and oxygen atoms in total. The Morgan fingerprint density at radius 1 is 1.15 bits per heavy atom. The van der Waals surface area contributed by atoms with Gasteiger partial charge in [0.25, 0.3) is 5.91 Å². The van der Waals surface area contributed by atoms with Crippen molar-refractivity contribution in [3.8, 4) is 0 Å². The Bertz CT molecular complexity index is 1170. The van der Waals surface area contributed by atoms with Crippen LogP contribution >= 0.6 is 0 Å². The zero-order valence-corrected chi connectivity index (χ0v) is 19.5. The van der Waals surface area contributed by atoms with Gasteiger partial charge in [-0.15, -0.1) is 0 Å². The van der Waals surface area contributed by atoms with Crippen molar-refractivity contribution in [3.05, 3.63) is 58.6 Å². The zero-order chi connectivity index (χ0) is 22.9. The third kappa shape index (κ3) is 4.51. The predicted molar refractivity (Wildman–Crippen MR) is 127 cm³/mol. The van der Waals surface area contributed by atoms with E-state index in [9.17, 15) is 9.18 Å². The number of nitrogens with zero attached hydrogens (tertiary/aromatic N) is 4. The number of likely N-dealkylation sites (tertiary alicyclic amines) is 2. The minimum Gasteiger partial charge on any atom is -0.358 e. The molecule has 0 unspecified atom stereocenters. The van der Waals surface area contributed by atoms with Crippen LogP contribution in [0.5, 0.6) is 0 Å². The van der Waals surface area contributed by atoms with Crippen LogP contribution in [-0.2, 0) is 6.54 Å². The lowest BCUT2D eigenvalue weighted by atomic mass is 9.96. The summed E-state index contributed by atoms with van der Waals surface area (Å²) < 4.78 is 13.9. The van der Waals surface area contributed by atoms with E-state index in [2.05, 4.69) is 21.8 Å². The molecule has 1 amide bonds. The molecule has 4 heterocycles. The Labute approximate surface area is 194 Å². The van der Waals surface area contributed by atoms with E-state index in [0.29, 0.717) is 5.56 Å². The molecule has 0 saturated carbocycles. The van der Waals surface area contributed by atoms with Gasteiger partial charge in [0.2, 0.25) is 0 Å². The molecule has 0 bridgehead atoms. The van der Waals surface area contributed by atoms with Crippen LogP contribution in [0.15, 0.2) is 24.4 Å². The van der Waals surface area contributed by atoms with Gasteiger partial charge in [0, 0.05) is 54.9 Å². The fourth-order valence-corrected chi connectivity index (χ4v) is 5.35. The Morgan fingerprint density at radius 2 is 1.97 bits per heavy atom. The van der Waals surface area contributed by atoms with E-state index >= 15 is 0 Å². The molecule has 0 aliphatic carbocycles. The van der Waals surface area contributed by atoms with Gasteiger partial charge >= 0.3 is 0 Å². The minimum atomic E-state index is -0.206. The number of nitrogens with one attached hydrogen (secondary N) is 1. The topological polar surface area (TPSA) is 65.1 Å². The molecule has 1 N–H and O–H groups in total. The number of carbonyl (C=O) groups excluding carboxylic acids is 1. The van der Waals surface area contributed by atoms with Crippen LogP contribution in [0.25, 0.3) is 10.9 Å². The van der Waals surface area contributed by atoms with Crippen molar-refractivity contribution in [2.75, 3.05) is 26.2 Å². The van der Waals surface area contributed by atoms with E-state index in [1.807, 2.05) is 17.9 Å². The first kappa shape index (κ1) is 22.0. The van der Waals surface area contributed by atoms with Gasteiger partial charge in [-0.3, -0.25) is 9.69 Å². The van der Waals surface area contributed by atoms with Crippen molar-refractivity contribution >= 4 is 16.8 Å². The largest absolute Gasteiger partial charge is 0.358 e. The van der Waals surface area contributed by atoms with E-state index < -0.39 is 0 Å². The smallest absolute Gasteiger partial charge is 0.257 e. The molecule has 0 radical (unpaired) electrons. The Morgan fingerprint density at radius 3 is 2.76 bits per heavy atom. The Kier molecular flexibility index (Phi) is 6.15. The highest BCUT2D eigenvalue weighted by molar-refractivity contribution is 5.95. The lowest BCUT2D eigenvalue weighted by Crippen LogP contribution is -2.37. The van der Waals surface area contributed by atoms with E-state index in [-0.39, 0.29) is 17.6 Å². The molecule has 5 rings (SSSR count). The van der Waals surface area contributed by atoms with Gasteiger partial charge in [0.05, 0.1) is 11.3 Å². The van der Waals surface area contributed by atoms with Gasteiger partial charge in [0.1, 0.15) is 11.6 Å². The second-order valence-electron chi connectivity index (χ2n) is 9.57. The fraction of sp³-hybridized carbons (Fsp3) is 0.500. The number of fused-ring (bicyclic) bond motifs is 1. The fourth-order valence-electron chi connectivity index (χ4n) is 5.35. The van der Waals surface area contributed by atoms with Crippen LogP contribution in [0, 0.1) is 19.7 Å². The molecule has 3 aromatic rings. The standard InChI is InChI=1S/C26H32FN5O/c1-17-22(26(33)32-11-4-3-5-12-32)14-28-25(30-17)19-7-6-10-31(15-19)16-23-18(2)29-24-9-8-20(27)13-21(23)24/h8-9,13-14,19,29H,3-7,10-12,15-16H2,1-2H3/t19-/m0/s1. The molecule has 2 aliphatic heterocycles. The monoisotopic (exact) mass is 449 g/mol. The van der Waals surface area contributed by atoms with Crippen LogP contribution < -0.4 is 0 Å². The van der Waals surface area contributed by atoms with Crippen molar-refractivity contribution in [1.82, 2.24) is 24.8 Å². The highest BCUT2D eigenvalue weighted by Crippen LogP contribution is 2.29. The van der Waals surface area contributed by atoms with Gasteiger partial charge in [0.15, 0.2) is 0 Å². The van der Waals surface area contributed by atoms with Crippen molar-refractivity contribution in [3.63, 3.8) is 0 Å². The normalized spacial score (nSPS) is 19.8. The highest BCUT2D eigenvalue weighted by atomic mass is 19.1. The summed E-state index contributed by atoms with van der Waals surface area (Å²) in [5, 5.41) is 0.960. The number of hydrogen-bond acceptors (Lipinski definition) is 4. The first-order valence-electron chi connectivity index (χ1n) is 12.1. The van der Waals surface area contributed by atoms with Crippen LogP contribution in [0.1, 0.15) is 71.2 Å². The van der Waals surface area contributed by atoms with E-state index in [1.54, 1.807) is 12.3 Å². The van der Waals surface area contributed by atoms with Crippen LogP contribution in [0.4, 0.5) is 4.39 Å². The maximum Gasteiger partial charge on any atom is 0.257 e. The SMILES string of the molecule is Cc1nc([C@H]2CCCN(Cc3c(C)[nH]c4ccc(F)cc34)C2)ncc1C(=O)N1CCCCC1. The van der Waals surface area contributed by atoms with Crippen LogP contribution in [-0.4, -0.2) is 56.8 Å². The second kappa shape index (κ2) is 9.21. The maximum atomic E-state index is 13.9. The molecule has 2 aliphatic rings. The number of carbonyl (C=O) groups is 1. The van der Waals surface area contributed by atoms with Crippen LogP contribution in [0.3, 0.4) is 0 Å². The molecule has 7 heteroatoms. The number of hydrogen-bond donors (Lipinski definition) is 1. The Hall–Kier alpha value is -2.80. The number of aromatic nitrogens is 3.